The molecule has 6 nitrogen and oxygen atoms in total. The molecule has 2 rings (SSSR count). The van der Waals surface area contributed by atoms with Gasteiger partial charge in [0.15, 0.2) is 17.2 Å². The first-order valence-electron chi connectivity index (χ1n) is 6.09. The van der Waals surface area contributed by atoms with Gasteiger partial charge in [-0.3, -0.25) is 4.68 Å². The Hall–Kier alpha value is -2.21. The largest absolute Gasteiger partial charge is 0.493 e. The molecule has 0 aliphatic carbocycles. The number of benzene rings is 1. The second-order valence-corrected chi connectivity index (χ2v) is 4.84. The molecule has 21 heavy (non-hydrogen) atoms. The SMILES string of the molecule is COc1cc(Cl)c(-c2cc(C(=O)O)nn2C)c(C)c1OC. The number of nitrogens with zero attached hydrogens (tertiary/aromatic N) is 2. The van der Waals surface area contributed by atoms with Gasteiger partial charge in [0.05, 0.1) is 24.9 Å². The van der Waals surface area contributed by atoms with Crippen molar-refractivity contribution in [3.05, 3.63) is 28.4 Å². The third kappa shape index (κ3) is 2.54. The Morgan fingerprint density at radius 3 is 2.48 bits per heavy atom. The minimum Gasteiger partial charge on any atom is -0.493 e. The number of halogens is 1. The molecule has 0 bridgehead atoms. The van der Waals surface area contributed by atoms with Crippen LogP contribution in [0.2, 0.25) is 5.02 Å². The van der Waals surface area contributed by atoms with Crippen molar-refractivity contribution in [2.24, 2.45) is 7.05 Å². The highest BCUT2D eigenvalue weighted by molar-refractivity contribution is 6.33. The number of methoxy groups -OCH3 is 2. The predicted octanol–water partition coefficient (Wildman–Crippen LogP) is 2.76. The highest BCUT2D eigenvalue weighted by atomic mass is 35.5. The quantitative estimate of drug-likeness (QED) is 0.940. The number of carbonyl (C=O) groups is 1. The minimum absolute atomic E-state index is 0.0437. The smallest absolute Gasteiger partial charge is 0.356 e. The van der Waals surface area contributed by atoms with Crippen LogP contribution in [0.1, 0.15) is 16.1 Å². The van der Waals surface area contributed by atoms with E-state index in [1.807, 2.05) is 6.92 Å². The fraction of sp³-hybridized carbons (Fsp3) is 0.286. The lowest BCUT2D eigenvalue weighted by Gasteiger charge is -2.16. The number of carboxylic acids is 1. The van der Waals surface area contributed by atoms with Gasteiger partial charge in [-0.05, 0) is 13.0 Å². The molecule has 0 unspecified atom stereocenters. The molecule has 112 valence electrons. The molecule has 0 aliphatic heterocycles. The van der Waals surface area contributed by atoms with Crippen molar-refractivity contribution in [3.8, 4) is 22.8 Å². The fourth-order valence-electron chi connectivity index (χ4n) is 2.26. The third-order valence-electron chi connectivity index (χ3n) is 3.22. The Balaban J connectivity index is 2.72. The van der Waals surface area contributed by atoms with Gasteiger partial charge >= 0.3 is 5.97 Å². The molecule has 0 saturated heterocycles. The number of ether oxygens (including phenoxy) is 2. The van der Waals surface area contributed by atoms with Crippen molar-refractivity contribution in [2.75, 3.05) is 14.2 Å². The van der Waals surface area contributed by atoms with Gasteiger partial charge in [-0.1, -0.05) is 11.6 Å². The molecule has 1 N–H and O–H groups in total. The van der Waals surface area contributed by atoms with Crippen molar-refractivity contribution in [1.82, 2.24) is 9.78 Å². The van der Waals surface area contributed by atoms with E-state index in [1.54, 1.807) is 13.1 Å². The number of aromatic carboxylic acids is 1. The van der Waals surface area contributed by atoms with E-state index in [0.717, 1.165) is 5.56 Å². The van der Waals surface area contributed by atoms with Crippen LogP contribution in [0.15, 0.2) is 12.1 Å². The lowest BCUT2D eigenvalue weighted by molar-refractivity contribution is 0.0689. The van der Waals surface area contributed by atoms with Crippen LogP contribution in [0.5, 0.6) is 11.5 Å². The molecule has 0 amide bonds. The van der Waals surface area contributed by atoms with Crippen molar-refractivity contribution in [3.63, 3.8) is 0 Å². The van der Waals surface area contributed by atoms with Gasteiger partial charge in [0, 0.05) is 24.2 Å². The second-order valence-electron chi connectivity index (χ2n) is 4.44. The number of aryl methyl sites for hydroxylation is 1. The molecule has 7 heteroatoms. The van der Waals surface area contributed by atoms with Crippen LogP contribution in [-0.4, -0.2) is 35.1 Å². The Morgan fingerprint density at radius 1 is 1.33 bits per heavy atom. The summed E-state index contributed by atoms with van der Waals surface area (Å²) in [6.45, 7) is 1.83. The molecule has 1 aromatic heterocycles. The number of hydrogen-bond acceptors (Lipinski definition) is 4. The van der Waals surface area contributed by atoms with Crippen LogP contribution in [0.25, 0.3) is 11.3 Å². The van der Waals surface area contributed by atoms with Crippen LogP contribution >= 0.6 is 11.6 Å². The van der Waals surface area contributed by atoms with E-state index in [2.05, 4.69) is 5.10 Å². The fourth-order valence-corrected chi connectivity index (χ4v) is 2.59. The number of aromatic nitrogens is 2. The summed E-state index contributed by atoms with van der Waals surface area (Å²) in [5.41, 5.74) is 1.97. The van der Waals surface area contributed by atoms with Crippen molar-refractivity contribution >= 4 is 17.6 Å². The van der Waals surface area contributed by atoms with Crippen molar-refractivity contribution in [1.29, 1.82) is 0 Å². The number of hydrogen-bond donors (Lipinski definition) is 1. The zero-order chi connectivity index (χ0) is 15.7. The van der Waals surface area contributed by atoms with E-state index in [0.29, 0.717) is 27.8 Å². The Bertz CT molecular complexity index is 709. The normalized spacial score (nSPS) is 10.5. The highest BCUT2D eigenvalue weighted by Crippen LogP contribution is 2.42. The first-order chi connectivity index (χ1) is 9.90. The van der Waals surface area contributed by atoms with Crippen LogP contribution in [-0.2, 0) is 7.05 Å². The van der Waals surface area contributed by atoms with E-state index in [4.69, 9.17) is 26.2 Å². The molecule has 0 aliphatic rings. The molecule has 1 aromatic carbocycles. The number of carboxylic acid groups (broad SMARTS) is 1. The first-order valence-corrected chi connectivity index (χ1v) is 6.47. The summed E-state index contributed by atoms with van der Waals surface area (Å²) in [6, 6.07) is 3.11. The maximum atomic E-state index is 11.0. The summed E-state index contributed by atoms with van der Waals surface area (Å²) < 4.78 is 12.1. The molecule has 1 heterocycles. The zero-order valence-electron chi connectivity index (χ0n) is 12.1. The van der Waals surface area contributed by atoms with Gasteiger partial charge in [0.25, 0.3) is 0 Å². The van der Waals surface area contributed by atoms with E-state index >= 15 is 0 Å². The van der Waals surface area contributed by atoms with E-state index in [-0.39, 0.29) is 5.69 Å². The van der Waals surface area contributed by atoms with Gasteiger partial charge in [-0.2, -0.15) is 5.10 Å². The maximum absolute atomic E-state index is 11.0. The topological polar surface area (TPSA) is 73.6 Å². The van der Waals surface area contributed by atoms with Crippen LogP contribution in [0, 0.1) is 6.92 Å². The van der Waals surface area contributed by atoms with Gasteiger partial charge in [0.2, 0.25) is 0 Å². The highest BCUT2D eigenvalue weighted by Gasteiger charge is 2.21. The molecule has 2 aromatic rings. The Kier molecular flexibility index (Phi) is 4.09. The Labute approximate surface area is 126 Å². The standard InChI is InChI=1S/C14H15ClN2O4/c1-7-12(8(15)5-11(20-3)13(7)21-4)10-6-9(14(18)19)16-17(10)2/h5-6H,1-4H3,(H,18,19). The zero-order valence-corrected chi connectivity index (χ0v) is 12.9. The first kappa shape index (κ1) is 15.2. The lowest BCUT2D eigenvalue weighted by atomic mass is 10.0. The van der Waals surface area contributed by atoms with Crippen LogP contribution in [0.3, 0.4) is 0 Å². The van der Waals surface area contributed by atoms with Gasteiger partial charge in [-0.25, -0.2) is 4.79 Å². The molecule has 0 radical (unpaired) electrons. The predicted molar refractivity (Wildman–Crippen MR) is 78.5 cm³/mol. The summed E-state index contributed by atoms with van der Waals surface area (Å²) in [7, 11) is 4.72. The van der Waals surface area contributed by atoms with Crippen molar-refractivity contribution < 1.29 is 19.4 Å². The molecule has 0 fully saturated rings. The summed E-state index contributed by atoms with van der Waals surface area (Å²) >= 11 is 6.31. The van der Waals surface area contributed by atoms with Gasteiger partial charge in [0.1, 0.15) is 0 Å². The van der Waals surface area contributed by atoms with Crippen molar-refractivity contribution in [2.45, 2.75) is 6.92 Å². The molecular weight excluding hydrogens is 296 g/mol. The maximum Gasteiger partial charge on any atom is 0.356 e. The average Bonchev–Trinajstić information content (AvgIpc) is 2.80. The Morgan fingerprint density at radius 2 is 2.00 bits per heavy atom. The van der Waals surface area contributed by atoms with E-state index < -0.39 is 5.97 Å². The van der Waals surface area contributed by atoms with Crippen LogP contribution < -0.4 is 9.47 Å². The average molecular weight is 311 g/mol. The summed E-state index contributed by atoms with van der Waals surface area (Å²) in [6.07, 6.45) is 0. The molecule has 0 atom stereocenters. The van der Waals surface area contributed by atoms with Crippen LogP contribution in [0.4, 0.5) is 0 Å². The van der Waals surface area contributed by atoms with E-state index in [1.165, 1.54) is 25.0 Å². The third-order valence-corrected chi connectivity index (χ3v) is 3.51. The minimum atomic E-state index is -1.09. The second kappa shape index (κ2) is 5.65. The molecule has 0 spiro atoms. The van der Waals surface area contributed by atoms with Gasteiger partial charge in [-0.15, -0.1) is 0 Å². The summed E-state index contributed by atoms with van der Waals surface area (Å²) in [5.74, 6) is -0.0227. The summed E-state index contributed by atoms with van der Waals surface area (Å²) in [5, 5.41) is 13.4. The number of rotatable bonds is 4. The van der Waals surface area contributed by atoms with Gasteiger partial charge < -0.3 is 14.6 Å². The van der Waals surface area contributed by atoms with E-state index in [9.17, 15) is 4.79 Å². The molecule has 0 saturated carbocycles. The molecular formula is C14H15ClN2O4. The lowest BCUT2D eigenvalue weighted by Crippen LogP contribution is -2.01. The monoisotopic (exact) mass is 310 g/mol. The summed E-state index contributed by atoms with van der Waals surface area (Å²) in [4.78, 5) is 11.0.